The van der Waals surface area contributed by atoms with Crippen LogP contribution in [-0.4, -0.2) is 69.1 Å². The summed E-state index contributed by atoms with van der Waals surface area (Å²) in [6, 6.07) is 5.00. The SMILES string of the molecule is CN=C(NCCCN1CCCC(C)C1)NCC1CCCN(C)C1c1cccs1.I. The van der Waals surface area contributed by atoms with Crippen LogP contribution >= 0.6 is 35.3 Å². The molecule has 0 aromatic carbocycles. The van der Waals surface area contributed by atoms with Gasteiger partial charge in [0, 0.05) is 37.6 Å². The van der Waals surface area contributed by atoms with Gasteiger partial charge >= 0.3 is 0 Å². The Balaban J connectivity index is 0.00000300. The summed E-state index contributed by atoms with van der Waals surface area (Å²) in [5, 5.41) is 9.32. The van der Waals surface area contributed by atoms with Gasteiger partial charge in [-0.2, -0.15) is 0 Å². The van der Waals surface area contributed by atoms with Crippen molar-refractivity contribution in [3.05, 3.63) is 22.4 Å². The highest BCUT2D eigenvalue weighted by atomic mass is 127. The molecule has 0 spiro atoms. The zero-order chi connectivity index (χ0) is 19.8. The lowest BCUT2D eigenvalue weighted by Gasteiger charge is -2.39. The summed E-state index contributed by atoms with van der Waals surface area (Å²) in [6.07, 6.45) is 6.50. The summed E-state index contributed by atoms with van der Waals surface area (Å²) in [7, 11) is 4.15. The number of hydrogen-bond acceptors (Lipinski definition) is 4. The molecule has 7 heteroatoms. The van der Waals surface area contributed by atoms with Gasteiger partial charge in [-0.15, -0.1) is 35.3 Å². The molecule has 2 aliphatic heterocycles. The van der Waals surface area contributed by atoms with Crippen LogP contribution in [-0.2, 0) is 0 Å². The second-order valence-corrected chi connectivity index (χ2v) is 9.60. The largest absolute Gasteiger partial charge is 0.356 e. The molecule has 166 valence electrons. The van der Waals surface area contributed by atoms with E-state index in [-0.39, 0.29) is 24.0 Å². The average Bonchev–Trinajstić information content (AvgIpc) is 3.22. The van der Waals surface area contributed by atoms with Gasteiger partial charge in [-0.1, -0.05) is 13.0 Å². The van der Waals surface area contributed by atoms with Crippen molar-refractivity contribution in [1.29, 1.82) is 0 Å². The Labute approximate surface area is 198 Å². The van der Waals surface area contributed by atoms with Crippen molar-refractivity contribution in [3.8, 4) is 0 Å². The van der Waals surface area contributed by atoms with Gasteiger partial charge in [0.25, 0.3) is 0 Å². The van der Waals surface area contributed by atoms with E-state index in [0.717, 1.165) is 25.0 Å². The van der Waals surface area contributed by atoms with E-state index in [2.05, 4.69) is 56.9 Å². The number of hydrogen-bond donors (Lipinski definition) is 2. The van der Waals surface area contributed by atoms with Crippen LogP contribution < -0.4 is 10.6 Å². The van der Waals surface area contributed by atoms with E-state index in [1.165, 1.54) is 63.2 Å². The van der Waals surface area contributed by atoms with Gasteiger partial charge in [0.2, 0.25) is 0 Å². The van der Waals surface area contributed by atoms with Gasteiger partial charge in [-0.3, -0.25) is 9.89 Å². The highest BCUT2D eigenvalue weighted by molar-refractivity contribution is 14.0. The number of piperidine rings is 2. The van der Waals surface area contributed by atoms with E-state index in [1.54, 1.807) is 0 Å². The fourth-order valence-electron chi connectivity index (χ4n) is 4.83. The highest BCUT2D eigenvalue weighted by Crippen LogP contribution is 2.36. The van der Waals surface area contributed by atoms with Crippen molar-refractivity contribution in [3.63, 3.8) is 0 Å². The molecule has 5 nitrogen and oxygen atoms in total. The van der Waals surface area contributed by atoms with E-state index in [1.807, 2.05) is 18.4 Å². The van der Waals surface area contributed by atoms with Crippen LogP contribution in [0.5, 0.6) is 0 Å². The molecular weight excluding hydrogens is 493 g/mol. The van der Waals surface area contributed by atoms with Gasteiger partial charge in [0.15, 0.2) is 5.96 Å². The van der Waals surface area contributed by atoms with Crippen molar-refractivity contribution in [2.45, 2.75) is 45.1 Å². The number of likely N-dealkylation sites (tertiary alicyclic amines) is 2. The summed E-state index contributed by atoms with van der Waals surface area (Å²) < 4.78 is 0. The first-order valence-electron chi connectivity index (χ1n) is 11.1. The van der Waals surface area contributed by atoms with Crippen LogP contribution in [0.2, 0.25) is 0 Å². The summed E-state index contributed by atoms with van der Waals surface area (Å²) in [5.74, 6) is 2.44. The second kappa shape index (κ2) is 13.1. The van der Waals surface area contributed by atoms with Crippen molar-refractivity contribution in [2.24, 2.45) is 16.8 Å². The quantitative estimate of drug-likeness (QED) is 0.241. The summed E-state index contributed by atoms with van der Waals surface area (Å²) >= 11 is 1.89. The van der Waals surface area contributed by atoms with Crippen molar-refractivity contribution in [2.75, 3.05) is 53.4 Å². The minimum absolute atomic E-state index is 0. The summed E-state index contributed by atoms with van der Waals surface area (Å²) in [5.41, 5.74) is 0. The normalized spacial score (nSPS) is 26.7. The maximum absolute atomic E-state index is 4.45. The lowest BCUT2D eigenvalue weighted by molar-refractivity contribution is 0.125. The number of aliphatic imine (C=N–C) groups is 1. The first kappa shape index (κ1) is 24.9. The third-order valence-electron chi connectivity index (χ3n) is 6.28. The smallest absolute Gasteiger partial charge is 0.190 e. The Kier molecular flexibility index (Phi) is 11.3. The second-order valence-electron chi connectivity index (χ2n) is 8.62. The molecule has 0 radical (unpaired) electrons. The lowest BCUT2D eigenvalue weighted by Crippen LogP contribution is -2.45. The molecule has 0 bridgehead atoms. The fourth-order valence-corrected chi connectivity index (χ4v) is 5.81. The van der Waals surface area contributed by atoms with Crippen LogP contribution in [0.1, 0.15) is 49.9 Å². The number of nitrogens with one attached hydrogen (secondary N) is 2. The van der Waals surface area contributed by atoms with E-state index in [4.69, 9.17) is 0 Å². The Morgan fingerprint density at radius 1 is 1.24 bits per heavy atom. The number of guanidine groups is 1. The molecule has 3 heterocycles. The zero-order valence-electron chi connectivity index (χ0n) is 18.4. The van der Waals surface area contributed by atoms with Gasteiger partial charge in [-0.05, 0) is 82.1 Å². The first-order valence-corrected chi connectivity index (χ1v) is 12.0. The molecule has 0 saturated carbocycles. The molecule has 1 aromatic heterocycles. The van der Waals surface area contributed by atoms with Gasteiger partial charge in [-0.25, -0.2) is 0 Å². The summed E-state index contributed by atoms with van der Waals surface area (Å²) in [6.45, 7) is 9.29. The molecule has 3 atom stereocenters. The van der Waals surface area contributed by atoms with Crippen molar-refractivity contribution in [1.82, 2.24) is 20.4 Å². The highest BCUT2D eigenvalue weighted by Gasteiger charge is 2.31. The van der Waals surface area contributed by atoms with Crippen molar-refractivity contribution < 1.29 is 0 Å². The summed E-state index contributed by atoms with van der Waals surface area (Å²) in [4.78, 5) is 11.1. The van der Waals surface area contributed by atoms with Crippen LogP contribution in [0.3, 0.4) is 0 Å². The third kappa shape index (κ3) is 7.67. The van der Waals surface area contributed by atoms with E-state index >= 15 is 0 Å². The predicted octanol–water partition coefficient (Wildman–Crippen LogP) is 4.04. The molecule has 29 heavy (non-hydrogen) atoms. The minimum atomic E-state index is 0. The number of nitrogens with zero attached hydrogens (tertiary/aromatic N) is 3. The Bertz CT molecular complexity index is 594. The Morgan fingerprint density at radius 2 is 2.07 bits per heavy atom. The molecule has 2 aliphatic rings. The van der Waals surface area contributed by atoms with Crippen molar-refractivity contribution >= 4 is 41.3 Å². The minimum Gasteiger partial charge on any atom is -0.356 e. The number of rotatable bonds is 7. The van der Waals surface area contributed by atoms with E-state index < -0.39 is 0 Å². The average molecular weight is 534 g/mol. The van der Waals surface area contributed by atoms with Crippen LogP contribution in [0.15, 0.2) is 22.5 Å². The molecule has 1 aromatic rings. The van der Waals surface area contributed by atoms with Crippen LogP contribution in [0.25, 0.3) is 0 Å². The molecule has 3 rings (SSSR count). The van der Waals surface area contributed by atoms with Crippen LogP contribution in [0, 0.1) is 11.8 Å². The monoisotopic (exact) mass is 533 g/mol. The van der Waals surface area contributed by atoms with Gasteiger partial charge in [0.05, 0.1) is 0 Å². The third-order valence-corrected chi connectivity index (χ3v) is 7.22. The van der Waals surface area contributed by atoms with Crippen LogP contribution in [0.4, 0.5) is 0 Å². The number of thiophene rings is 1. The topological polar surface area (TPSA) is 42.9 Å². The standard InChI is InChI=1S/C22H39N5S.HI/c1-18-8-4-13-27(17-18)14-7-11-24-22(23-2)25-16-19-9-5-12-26(3)21(19)20-10-6-15-28-20;/h6,10,15,18-19,21H,4-5,7-9,11-14,16-17H2,1-3H3,(H2,23,24,25);1H. The maximum atomic E-state index is 4.45. The van der Waals surface area contributed by atoms with Gasteiger partial charge < -0.3 is 15.5 Å². The van der Waals surface area contributed by atoms with Gasteiger partial charge in [0.1, 0.15) is 0 Å². The molecule has 0 aliphatic carbocycles. The number of halogens is 1. The molecule has 2 saturated heterocycles. The molecule has 2 fully saturated rings. The molecule has 3 unspecified atom stereocenters. The Morgan fingerprint density at radius 3 is 2.79 bits per heavy atom. The predicted molar refractivity (Wildman–Crippen MR) is 137 cm³/mol. The maximum Gasteiger partial charge on any atom is 0.190 e. The van der Waals surface area contributed by atoms with E-state index in [9.17, 15) is 0 Å². The Hall–Kier alpha value is -0.380. The first-order chi connectivity index (χ1) is 13.7. The molecule has 0 amide bonds. The van der Waals surface area contributed by atoms with E-state index in [0.29, 0.717) is 12.0 Å². The molecule has 2 N–H and O–H groups in total. The lowest BCUT2D eigenvalue weighted by atomic mass is 9.88. The fraction of sp³-hybridized carbons (Fsp3) is 0.773. The zero-order valence-corrected chi connectivity index (χ0v) is 21.5. The molecular formula is C22H40IN5S.